The van der Waals surface area contributed by atoms with Crippen molar-refractivity contribution < 1.29 is 0 Å². The fraction of sp³-hybridized carbons (Fsp3) is 0.533. The number of rotatable bonds is 0. The van der Waals surface area contributed by atoms with E-state index in [9.17, 15) is 5.26 Å². The molecule has 0 heterocycles. The number of nitrogens with zero attached hydrogens (tertiary/aromatic N) is 1. The molecule has 0 unspecified atom stereocenters. The van der Waals surface area contributed by atoms with Crippen LogP contribution in [0.15, 0.2) is 16.6 Å². The first-order valence-corrected chi connectivity index (χ1v) is 6.61. The van der Waals surface area contributed by atoms with Crippen LogP contribution in [0.25, 0.3) is 0 Å². The van der Waals surface area contributed by atoms with E-state index < -0.39 is 0 Å². The number of halogens is 1. The normalized spacial score (nSPS) is 12.4. The second kappa shape index (κ2) is 4.46. The molecule has 0 spiro atoms. The van der Waals surface area contributed by atoms with Crippen molar-refractivity contribution in [1.29, 1.82) is 5.26 Å². The quantitative estimate of drug-likeness (QED) is 0.666. The van der Waals surface area contributed by atoms with E-state index in [0.717, 1.165) is 10.0 Å². The Morgan fingerprint density at radius 3 is 1.88 bits per heavy atom. The van der Waals surface area contributed by atoms with Crippen molar-refractivity contribution in [3.8, 4) is 6.07 Å². The molecule has 0 aliphatic carbocycles. The summed E-state index contributed by atoms with van der Waals surface area (Å²) in [5.74, 6) is 0. The fourth-order valence-corrected chi connectivity index (χ4v) is 2.60. The summed E-state index contributed by atoms with van der Waals surface area (Å²) in [6, 6.07) is 6.47. The van der Waals surface area contributed by atoms with E-state index in [1.165, 1.54) is 11.1 Å². The minimum absolute atomic E-state index is 0.0334. The maximum Gasteiger partial charge on any atom is 0.100 e. The molecule has 0 atom stereocenters. The maximum absolute atomic E-state index is 9.22. The van der Waals surface area contributed by atoms with Crippen LogP contribution in [0.5, 0.6) is 0 Å². The average Bonchev–Trinajstić information content (AvgIpc) is 2.14. The first-order chi connectivity index (χ1) is 7.57. The lowest BCUT2D eigenvalue weighted by atomic mass is 9.79. The van der Waals surface area contributed by atoms with E-state index in [1.54, 1.807) is 0 Å². The standard InChI is InChI=1S/C15H20BrN/c1-14(2,3)11-7-10(9-17)13(16)12(8-11)15(4,5)6/h7-8H,1-6H3. The zero-order chi connectivity index (χ0) is 13.4. The third kappa shape index (κ3) is 3.10. The van der Waals surface area contributed by atoms with Crippen LogP contribution in [0.3, 0.4) is 0 Å². The summed E-state index contributed by atoms with van der Waals surface area (Å²) >= 11 is 3.56. The van der Waals surface area contributed by atoms with E-state index in [2.05, 4.69) is 69.6 Å². The number of benzene rings is 1. The number of hydrogen-bond acceptors (Lipinski definition) is 1. The summed E-state index contributed by atoms with van der Waals surface area (Å²) in [6.45, 7) is 13.0. The summed E-state index contributed by atoms with van der Waals surface area (Å²) < 4.78 is 0.931. The predicted octanol–water partition coefficient (Wildman–Crippen LogP) is 4.92. The van der Waals surface area contributed by atoms with Crippen LogP contribution in [0.4, 0.5) is 0 Å². The highest BCUT2D eigenvalue weighted by atomic mass is 79.9. The van der Waals surface area contributed by atoms with Crippen LogP contribution in [0.1, 0.15) is 58.2 Å². The lowest BCUT2D eigenvalue weighted by Crippen LogP contribution is -2.17. The number of hydrogen-bond donors (Lipinski definition) is 0. The summed E-state index contributed by atoms with van der Waals surface area (Å²) in [6.07, 6.45) is 0. The molecule has 1 rings (SSSR count). The molecule has 1 nitrogen and oxygen atoms in total. The minimum Gasteiger partial charge on any atom is -0.192 e. The summed E-state index contributed by atoms with van der Waals surface area (Å²) in [5, 5.41) is 9.22. The number of nitriles is 1. The van der Waals surface area contributed by atoms with Gasteiger partial charge >= 0.3 is 0 Å². The van der Waals surface area contributed by atoms with Gasteiger partial charge in [0.1, 0.15) is 6.07 Å². The smallest absolute Gasteiger partial charge is 0.100 e. The molecule has 2 heteroatoms. The molecule has 0 amide bonds. The Bertz CT molecular complexity index is 467. The predicted molar refractivity (Wildman–Crippen MR) is 76.3 cm³/mol. The van der Waals surface area contributed by atoms with Gasteiger partial charge < -0.3 is 0 Å². The molecule has 0 N–H and O–H groups in total. The lowest BCUT2D eigenvalue weighted by molar-refractivity contribution is 0.566. The molecule has 0 bridgehead atoms. The molecular weight excluding hydrogens is 274 g/mol. The zero-order valence-electron chi connectivity index (χ0n) is 11.5. The van der Waals surface area contributed by atoms with Gasteiger partial charge in [-0.05, 0) is 44.0 Å². The minimum atomic E-state index is 0.0334. The molecule has 1 aromatic carbocycles. The molecule has 0 fully saturated rings. The SMILES string of the molecule is CC(C)(C)c1cc(C#N)c(Br)c(C(C)(C)C)c1. The van der Waals surface area contributed by atoms with Crippen molar-refractivity contribution in [2.24, 2.45) is 0 Å². The Labute approximate surface area is 113 Å². The summed E-state index contributed by atoms with van der Waals surface area (Å²) in [4.78, 5) is 0. The Morgan fingerprint density at radius 1 is 1.00 bits per heavy atom. The van der Waals surface area contributed by atoms with Crippen LogP contribution in [0, 0.1) is 11.3 Å². The van der Waals surface area contributed by atoms with Crippen LogP contribution in [-0.4, -0.2) is 0 Å². The van der Waals surface area contributed by atoms with Gasteiger partial charge in [0.15, 0.2) is 0 Å². The van der Waals surface area contributed by atoms with E-state index >= 15 is 0 Å². The molecule has 0 saturated heterocycles. The van der Waals surface area contributed by atoms with E-state index in [0.29, 0.717) is 0 Å². The Hall–Kier alpha value is -0.810. The Morgan fingerprint density at radius 2 is 1.53 bits per heavy atom. The second-order valence-electron chi connectivity index (χ2n) is 6.50. The second-order valence-corrected chi connectivity index (χ2v) is 7.29. The van der Waals surface area contributed by atoms with Crippen LogP contribution < -0.4 is 0 Å². The highest BCUT2D eigenvalue weighted by molar-refractivity contribution is 9.10. The van der Waals surface area contributed by atoms with Crippen molar-refractivity contribution in [1.82, 2.24) is 0 Å². The molecular formula is C15H20BrN. The van der Waals surface area contributed by atoms with Crippen LogP contribution >= 0.6 is 15.9 Å². The molecule has 0 aromatic heterocycles. The third-order valence-electron chi connectivity index (χ3n) is 2.87. The molecule has 0 saturated carbocycles. The van der Waals surface area contributed by atoms with E-state index in [4.69, 9.17) is 0 Å². The van der Waals surface area contributed by atoms with Crippen LogP contribution in [0.2, 0.25) is 0 Å². The average molecular weight is 294 g/mol. The van der Waals surface area contributed by atoms with E-state index in [1.807, 2.05) is 6.07 Å². The molecule has 0 aliphatic heterocycles. The molecule has 0 aliphatic rings. The summed E-state index contributed by atoms with van der Waals surface area (Å²) in [7, 11) is 0. The Kier molecular flexibility index (Phi) is 3.74. The first-order valence-electron chi connectivity index (χ1n) is 5.82. The van der Waals surface area contributed by atoms with Crippen LogP contribution in [-0.2, 0) is 10.8 Å². The third-order valence-corrected chi connectivity index (χ3v) is 3.72. The largest absolute Gasteiger partial charge is 0.192 e. The Balaban J connectivity index is 3.58. The fourth-order valence-electron chi connectivity index (χ4n) is 1.68. The highest BCUT2D eigenvalue weighted by Gasteiger charge is 2.23. The zero-order valence-corrected chi connectivity index (χ0v) is 13.1. The van der Waals surface area contributed by atoms with Gasteiger partial charge in [-0.3, -0.25) is 0 Å². The van der Waals surface area contributed by atoms with Gasteiger partial charge in [0, 0.05) is 4.47 Å². The molecule has 17 heavy (non-hydrogen) atoms. The van der Waals surface area contributed by atoms with Gasteiger partial charge in [0.05, 0.1) is 5.56 Å². The molecule has 1 aromatic rings. The highest BCUT2D eigenvalue weighted by Crippen LogP contribution is 2.36. The van der Waals surface area contributed by atoms with Gasteiger partial charge in [-0.1, -0.05) is 47.6 Å². The van der Waals surface area contributed by atoms with Gasteiger partial charge in [0.25, 0.3) is 0 Å². The topological polar surface area (TPSA) is 23.8 Å². The monoisotopic (exact) mass is 293 g/mol. The van der Waals surface area contributed by atoms with Crippen molar-refractivity contribution >= 4 is 15.9 Å². The van der Waals surface area contributed by atoms with Gasteiger partial charge in [-0.15, -0.1) is 0 Å². The van der Waals surface area contributed by atoms with Gasteiger partial charge in [-0.2, -0.15) is 5.26 Å². The van der Waals surface area contributed by atoms with E-state index in [-0.39, 0.29) is 10.8 Å². The van der Waals surface area contributed by atoms with Crippen molar-refractivity contribution in [2.45, 2.75) is 52.4 Å². The first kappa shape index (κ1) is 14.3. The molecule has 0 radical (unpaired) electrons. The lowest BCUT2D eigenvalue weighted by Gasteiger charge is -2.26. The van der Waals surface area contributed by atoms with Gasteiger partial charge in [0.2, 0.25) is 0 Å². The van der Waals surface area contributed by atoms with Gasteiger partial charge in [-0.25, -0.2) is 0 Å². The molecule has 92 valence electrons. The summed E-state index contributed by atoms with van der Waals surface area (Å²) in [5.41, 5.74) is 3.23. The van der Waals surface area contributed by atoms with Crippen molar-refractivity contribution in [2.75, 3.05) is 0 Å². The maximum atomic E-state index is 9.22. The van der Waals surface area contributed by atoms with Crippen molar-refractivity contribution in [3.05, 3.63) is 33.3 Å². The van der Waals surface area contributed by atoms with Crippen molar-refractivity contribution in [3.63, 3.8) is 0 Å².